The van der Waals surface area contributed by atoms with E-state index in [-0.39, 0.29) is 10.6 Å². The highest BCUT2D eigenvalue weighted by atomic mass is 35.5. The second-order valence-electron chi connectivity index (χ2n) is 4.06. The van der Waals surface area contributed by atoms with E-state index < -0.39 is 11.7 Å². The third kappa shape index (κ3) is 2.69. The van der Waals surface area contributed by atoms with E-state index in [2.05, 4.69) is 0 Å². The van der Waals surface area contributed by atoms with E-state index >= 15 is 0 Å². The Bertz CT molecular complexity index is 631. The van der Waals surface area contributed by atoms with Crippen molar-refractivity contribution >= 4 is 28.9 Å². The van der Waals surface area contributed by atoms with E-state index in [9.17, 15) is 9.18 Å². The lowest BCUT2D eigenvalue weighted by atomic mass is 10.1. The molecule has 0 saturated heterocycles. The maximum absolute atomic E-state index is 13.8. The Hall–Kier alpha value is -2.07. The molecule has 0 aliphatic rings. The molecule has 5 heteroatoms. The lowest BCUT2D eigenvalue weighted by Gasteiger charge is -2.18. The molecular formula is C14H12ClFN2O. The number of rotatable bonds is 2. The molecule has 0 unspecified atom stereocenters. The maximum Gasteiger partial charge on any atom is 0.261 e. The average molecular weight is 279 g/mol. The van der Waals surface area contributed by atoms with Gasteiger partial charge in [-0.3, -0.25) is 4.79 Å². The molecule has 2 rings (SSSR count). The fourth-order valence-corrected chi connectivity index (χ4v) is 1.87. The molecule has 0 atom stereocenters. The number of nitrogen functional groups attached to an aromatic ring is 1. The Morgan fingerprint density at radius 3 is 2.63 bits per heavy atom. The minimum absolute atomic E-state index is 0.0718. The van der Waals surface area contributed by atoms with Gasteiger partial charge in [0.1, 0.15) is 0 Å². The zero-order valence-electron chi connectivity index (χ0n) is 10.2. The van der Waals surface area contributed by atoms with E-state index in [1.807, 2.05) is 0 Å². The molecule has 98 valence electrons. The first-order valence-electron chi connectivity index (χ1n) is 5.58. The number of hydrogen-bond acceptors (Lipinski definition) is 2. The third-order valence-corrected chi connectivity index (χ3v) is 3.04. The predicted octanol–water partition coefficient (Wildman–Crippen LogP) is 3.34. The first-order valence-corrected chi connectivity index (χ1v) is 5.96. The number of nitrogens with two attached hydrogens (primary N) is 1. The van der Waals surface area contributed by atoms with Crippen LogP contribution in [-0.2, 0) is 0 Å². The fourth-order valence-electron chi connectivity index (χ4n) is 1.70. The normalized spacial score (nSPS) is 10.3. The van der Waals surface area contributed by atoms with Gasteiger partial charge in [-0.05, 0) is 30.3 Å². The summed E-state index contributed by atoms with van der Waals surface area (Å²) in [5.74, 6) is -1.20. The van der Waals surface area contributed by atoms with Crippen molar-refractivity contribution in [3.05, 3.63) is 58.9 Å². The lowest BCUT2D eigenvalue weighted by Crippen LogP contribution is -2.27. The zero-order chi connectivity index (χ0) is 14.0. The largest absolute Gasteiger partial charge is 0.399 e. The van der Waals surface area contributed by atoms with Crippen molar-refractivity contribution in [3.8, 4) is 0 Å². The molecule has 0 aliphatic heterocycles. The highest BCUT2D eigenvalue weighted by molar-refractivity contribution is 6.31. The van der Waals surface area contributed by atoms with Crippen LogP contribution in [0.2, 0.25) is 5.02 Å². The van der Waals surface area contributed by atoms with Crippen LogP contribution in [-0.4, -0.2) is 13.0 Å². The second kappa shape index (κ2) is 5.28. The molecule has 2 aromatic carbocycles. The van der Waals surface area contributed by atoms with Gasteiger partial charge < -0.3 is 10.6 Å². The maximum atomic E-state index is 13.8. The summed E-state index contributed by atoms with van der Waals surface area (Å²) in [6.45, 7) is 0. The van der Waals surface area contributed by atoms with Gasteiger partial charge in [0.15, 0.2) is 5.82 Å². The molecule has 1 amide bonds. The molecule has 0 fully saturated rings. The first-order chi connectivity index (χ1) is 9.00. The van der Waals surface area contributed by atoms with E-state index in [0.29, 0.717) is 11.4 Å². The highest BCUT2D eigenvalue weighted by Gasteiger charge is 2.19. The minimum Gasteiger partial charge on any atom is -0.399 e. The van der Waals surface area contributed by atoms with Gasteiger partial charge in [-0.1, -0.05) is 23.7 Å². The number of hydrogen-bond donors (Lipinski definition) is 1. The molecule has 3 nitrogen and oxygen atoms in total. The standard InChI is InChI=1S/C14H12ClFN2O/c1-18(10-5-2-4-9(17)8-10)14(19)11-6-3-7-12(15)13(11)16/h2-8H,17H2,1H3. The number of anilines is 2. The molecular weight excluding hydrogens is 267 g/mol. The van der Waals surface area contributed by atoms with E-state index in [4.69, 9.17) is 17.3 Å². The van der Waals surface area contributed by atoms with Gasteiger partial charge in [-0.25, -0.2) is 4.39 Å². The highest BCUT2D eigenvalue weighted by Crippen LogP contribution is 2.22. The van der Waals surface area contributed by atoms with Crippen molar-refractivity contribution in [1.29, 1.82) is 0 Å². The Morgan fingerprint density at radius 2 is 1.95 bits per heavy atom. The monoisotopic (exact) mass is 278 g/mol. The van der Waals surface area contributed by atoms with Crippen LogP contribution in [0.4, 0.5) is 15.8 Å². The van der Waals surface area contributed by atoms with Gasteiger partial charge in [0, 0.05) is 18.4 Å². The number of amides is 1. The molecule has 19 heavy (non-hydrogen) atoms. The van der Waals surface area contributed by atoms with Crippen molar-refractivity contribution in [2.45, 2.75) is 0 Å². The topological polar surface area (TPSA) is 46.3 Å². The van der Waals surface area contributed by atoms with Crippen LogP contribution >= 0.6 is 11.6 Å². The summed E-state index contributed by atoms with van der Waals surface area (Å²) >= 11 is 5.67. The molecule has 0 aromatic heterocycles. The van der Waals surface area contributed by atoms with Crippen LogP contribution < -0.4 is 10.6 Å². The Kier molecular flexibility index (Phi) is 3.71. The van der Waals surface area contributed by atoms with E-state index in [1.54, 1.807) is 31.3 Å². The molecule has 0 bridgehead atoms. The molecule has 0 saturated carbocycles. The predicted molar refractivity (Wildman–Crippen MR) is 75.0 cm³/mol. The van der Waals surface area contributed by atoms with Crippen LogP contribution in [0.3, 0.4) is 0 Å². The summed E-state index contributed by atoms with van der Waals surface area (Å²) < 4.78 is 13.8. The molecule has 0 aliphatic carbocycles. The summed E-state index contributed by atoms with van der Waals surface area (Å²) in [7, 11) is 1.55. The Labute approximate surface area is 115 Å². The van der Waals surface area contributed by atoms with Gasteiger partial charge in [0.2, 0.25) is 0 Å². The number of halogens is 2. The minimum atomic E-state index is -0.718. The summed E-state index contributed by atoms with van der Waals surface area (Å²) in [4.78, 5) is 13.5. The summed E-state index contributed by atoms with van der Waals surface area (Å²) in [6.07, 6.45) is 0. The molecule has 0 radical (unpaired) electrons. The fraction of sp³-hybridized carbons (Fsp3) is 0.0714. The molecule has 0 heterocycles. The van der Waals surface area contributed by atoms with Crippen molar-refractivity contribution in [2.24, 2.45) is 0 Å². The SMILES string of the molecule is CN(C(=O)c1cccc(Cl)c1F)c1cccc(N)c1. The van der Waals surface area contributed by atoms with Crippen LogP contribution in [0.15, 0.2) is 42.5 Å². The molecule has 2 N–H and O–H groups in total. The molecule has 2 aromatic rings. The van der Waals surface area contributed by atoms with E-state index in [1.165, 1.54) is 23.1 Å². The lowest BCUT2D eigenvalue weighted by molar-refractivity contribution is 0.0989. The zero-order valence-corrected chi connectivity index (χ0v) is 11.0. The second-order valence-corrected chi connectivity index (χ2v) is 4.47. The smallest absolute Gasteiger partial charge is 0.261 e. The van der Waals surface area contributed by atoms with Gasteiger partial charge >= 0.3 is 0 Å². The van der Waals surface area contributed by atoms with Crippen LogP contribution in [0.1, 0.15) is 10.4 Å². The number of nitrogens with zero attached hydrogens (tertiary/aromatic N) is 1. The average Bonchev–Trinajstić information content (AvgIpc) is 2.40. The molecule has 0 spiro atoms. The number of carbonyl (C=O) groups is 1. The Balaban J connectivity index is 2.36. The summed E-state index contributed by atoms with van der Waals surface area (Å²) in [5, 5.41) is -0.0770. The van der Waals surface area contributed by atoms with Crippen LogP contribution in [0.25, 0.3) is 0 Å². The third-order valence-electron chi connectivity index (χ3n) is 2.74. The van der Waals surface area contributed by atoms with Crippen molar-refractivity contribution in [1.82, 2.24) is 0 Å². The van der Waals surface area contributed by atoms with Crippen molar-refractivity contribution < 1.29 is 9.18 Å². The first kappa shape index (κ1) is 13.4. The summed E-state index contributed by atoms with van der Waals surface area (Å²) in [6, 6.07) is 11.1. The van der Waals surface area contributed by atoms with Gasteiger partial charge in [-0.15, -0.1) is 0 Å². The van der Waals surface area contributed by atoms with Gasteiger partial charge in [0.25, 0.3) is 5.91 Å². The number of benzene rings is 2. The quantitative estimate of drug-likeness (QED) is 0.857. The Morgan fingerprint density at radius 1 is 1.26 bits per heavy atom. The van der Waals surface area contributed by atoms with E-state index in [0.717, 1.165) is 0 Å². The van der Waals surface area contributed by atoms with Crippen molar-refractivity contribution in [2.75, 3.05) is 17.7 Å². The van der Waals surface area contributed by atoms with Gasteiger partial charge in [-0.2, -0.15) is 0 Å². The van der Waals surface area contributed by atoms with Gasteiger partial charge in [0.05, 0.1) is 10.6 Å². The summed E-state index contributed by atoms with van der Waals surface area (Å²) in [5.41, 5.74) is 6.70. The van der Waals surface area contributed by atoms with Crippen molar-refractivity contribution in [3.63, 3.8) is 0 Å². The van der Waals surface area contributed by atoms with Crippen LogP contribution in [0, 0.1) is 5.82 Å². The number of carbonyl (C=O) groups excluding carboxylic acids is 1. The van der Waals surface area contributed by atoms with Crippen LogP contribution in [0.5, 0.6) is 0 Å².